The minimum Gasteiger partial charge on any atom is -0.329 e. The first-order valence-electron chi connectivity index (χ1n) is 5.50. The number of aryl methyl sites for hydroxylation is 1. The highest BCUT2D eigenvalue weighted by atomic mass is 79.9. The number of rotatable bonds is 4. The van der Waals surface area contributed by atoms with Crippen LogP contribution >= 0.6 is 26.6 Å². The predicted octanol–water partition coefficient (Wildman–Crippen LogP) is 2.58. The van der Waals surface area contributed by atoms with Gasteiger partial charge in [0, 0.05) is 40.2 Å². The highest BCUT2D eigenvalue weighted by Crippen LogP contribution is 2.17. The Morgan fingerprint density at radius 1 is 1.42 bits per heavy atom. The van der Waals surface area contributed by atoms with E-state index in [2.05, 4.69) is 25.9 Å². The van der Waals surface area contributed by atoms with Crippen molar-refractivity contribution in [3.63, 3.8) is 0 Å². The normalized spacial score (nSPS) is 11.7. The van der Waals surface area contributed by atoms with Gasteiger partial charge < -0.3 is 4.57 Å². The predicted molar refractivity (Wildman–Crippen MR) is 75.7 cm³/mol. The molecule has 0 aromatic carbocycles. The van der Waals surface area contributed by atoms with Crippen molar-refractivity contribution in [3.05, 3.63) is 40.5 Å². The van der Waals surface area contributed by atoms with Crippen molar-refractivity contribution in [3.8, 4) is 0 Å². The van der Waals surface area contributed by atoms with Gasteiger partial charge >= 0.3 is 0 Å². The van der Waals surface area contributed by atoms with Crippen molar-refractivity contribution >= 4 is 35.7 Å². The van der Waals surface area contributed by atoms with Crippen molar-refractivity contribution in [2.45, 2.75) is 24.9 Å². The van der Waals surface area contributed by atoms with Crippen molar-refractivity contribution < 1.29 is 8.42 Å². The van der Waals surface area contributed by atoms with Gasteiger partial charge in [-0.25, -0.2) is 13.4 Å². The van der Waals surface area contributed by atoms with E-state index in [1.807, 2.05) is 13.0 Å². The lowest BCUT2D eigenvalue weighted by Crippen LogP contribution is -2.03. The molecule has 2 aromatic heterocycles. The molecule has 0 aliphatic heterocycles. The Morgan fingerprint density at radius 3 is 2.74 bits per heavy atom. The van der Waals surface area contributed by atoms with Gasteiger partial charge in [-0.1, -0.05) is 6.92 Å². The molecule has 0 amide bonds. The fourth-order valence-electron chi connectivity index (χ4n) is 1.70. The first-order valence-corrected chi connectivity index (χ1v) is 8.60. The third-order valence-electron chi connectivity index (χ3n) is 2.52. The second-order valence-corrected chi connectivity index (χ2v) is 7.35. The molecule has 8 heteroatoms. The second-order valence-electron chi connectivity index (χ2n) is 3.93. The Hall–Kier alpha value is -0.920. The zero-order chi connectivity index (χ0) is 14.0. The summed E-state index contributed by atoms with van der Waals surface area (Å²) < 4.78 is 25.2. The van der Waals surface area contributed by atoms with Gasteiger partial charge in [0.1, 0.15) is 5.82 Å². The lowest BCUT2D eigenvalue weighted by Gasteiger charge is -2.06. The van der Waals surface area contributed by atoms with Gasteiger partial charge in [-0.15, -0.1) is 0 Å². The van der Waals surface area contributed by atoms with E-state index in [0.29, 0.717) is 18.8 Å². The van der Waals surface area contributed by atoms with Crippen molar-refractivity contribution in [1.82, 2.24) is 14.5 Å². The van der Waals surface area contributed by atoms with E-state index in [9.17, 15) is 8.42 Å². The number of hydrogen-bond acceptors (Lipinski definition) is 4. The summed E-state index contributed by atoms with van der Waals surface area (Å²) in [5.41, 5.74) is 0.944. The first-order chi connectivity index (χ1) is 8.90. The first kappa shape index (κ1) is 14.5. The lowest BCUT2D eigenvalue weighted by atomic mass is 10.3. The maximum atomic E-state index is 11.3. The van der Waals surface area contributed by atoms with Gasteiger partial charge in [-0.05, 0) is 27.6 Å². The van der Waals surface area contributed by atoms with Gasteiger partial charge in [0.05, 0.1) is 6.54 Å². The van der Waals surface area contributed by atoms with Crippen LogP contribution in [0, 0.1) is 0 Å². The highest BCUT2D eigenvalue weighted by molar-refractivity contribution is 9.10. The molecule has 5 nitrogen and oxygen atoms in total. The van der Waals surface area contributed by atoms with Crippen LogP contribution in [-0.4, -0.2) is 23.0 Å². The average Bonchev–Trinajstić information content (AvgIpc) is 2.72. The van der Waals surface area contributed by atoms with Crippen LogP contribution in [0.1, 0.15) is 18.3 Å². The Labute approximate surface area is 124 Å². The molecule has 0 bridgehead atoms. The Kier molecular flexibility index (Phi) is 4.27. The molecule has 0 radical (unpaired) electrons. The zero-order valence-corrected chi connectivity index (χ0v) is 13.2. The van der Waals surface area contributed by atoms with Gasteiger partial charge in [0.15, 0.2) is 5.03 Å². The largest absolute Gasteiger partial charge is 0.329 e. The topological polar surface area (TPSA) is 64.8 Å². The molecule has 0 aliphatic carbocycles. The zero-order valence-electron chi connectivity index (χ0n) is 10.0. The maximum Gasteiger partial charge on any atom is 0.280 e. The van der Waals surface area contributed by atoms with Crippen LogP contribution in [0.5, 0.6) is 0 Å². The van der Waals surface area contributed by atoms with Gasteiger partial charge in [0.2, 0.25) is 0 Å². The standard InChI is InChI=1S/C11H11BrClN3O2S/c1-2-10-15-11(19(13,17)18)7-16(10)6-8-3-9(12)5-14-4-8/h3-5,7H,2,6H2,1H3. The van der Waals surface area contributed by atoms with Crippen LogP contribution < -0.4 is 0 Å². The number of halogens is 2. The summed E-state index contributed by atoms with van der Waals surface area (Å²) >= 11 is 3.34. The smallest absolute Gasteiger partial charge is 0.280 e. The summed E-state index contributed by atoms with van der Waals surface area (Å²) in [5, 5.41) is -0.117. The van der Waals surface area contributed by atoms with E-state index in [1.54, 1.807) is 17.0 Å². The van der Waals surface area contributed by atoms with E-state index in [4.69, 9.17) is 10.7 Å². The Bertz CT molecular complexity index is 700. The Balaban J connectivity index is 2.37. The summed E-state index contributed by atoms with van der Waals surface area (Å²) in [6.45, 7) is 2.40. The summed E-state index contributed by atoms with van der Waals surface area (Å²) in [4.78, 5) is 8.10. The molecule has 0 saturated carbocycles. The number of aromatic nitrogens is 3. The maximum absolute atomic E-state index is 11.3. The van der Waals surface area contributed by atoms with Gasteiger partial charge in [-0.2, -0.15) is 0 Å². The summed E-state index contributed by atoms with van der Waals surface area (Å²) in [6, 6.07) is 1.92. The number of nitrogens with zero attached hydrogens (tertiary/aromatic N) is 3. The molecular weight excluding hydrogens is 354 g/mol. The molecule has 0 fully saturated rings. The fraction of sp³-hybridized carbons (Fsp3) is 0.273. The fourth-order valence-corrected chi connectivity index (χ4v) is 2.81. The molecule has 0 atom stereocenters. The van der Waals surface area contributed by atoms with E-state index in [1.165, 1.54) is 6.20 Å². The number of hydrogen-bond donors (Lipinski definition) is 0. The molecule has 2 rings (SSSR count). The number of pyridine rings is 1. The quantitative estimate of drug-likeness (QED) is 0.782. The average molecular weight is 365 g/mol. The minimum absolute atomic E-state index is 0.117. The lowest BCUT2D eigenvalue weighted by molar-refractivity contribution is 0.606. The number of imidazole rings is 1. The molecule has 0 spiro atoms. The Morgan fingerprint density at radius 2 is 2.16 bits per heavy atom. The van der Waals surface area contributed by atoms with Crippen LogP contribution in [0.2, 0.25) is 0 Å². The molecule has 2 heterocycles. The van der Waals surface area contributed by atoms with E-state index >= 15 is 0 Å². The van der Waals surface area contributed by atoms with Crippen LogP contribution in [0.25, 0.3) is 0 Å². The van der Waals surface area contributed by atoms with E-state index < -0.39 is 9.05 Å². The highest BCUT2D eigenvalue weighted by Gasteiger charge is 2.17. The van der Waals surface area contributed by atoms with Crippen LogP contribution in [-0.2, 0) is 22.0 Å². The van der Waals surface area contributed by atoms with Crippen LogP contribution in [0.15, 0.2) is 34.2 Å². The molecule has 2 aromatic rings. The molecule has 0 unspecified atom stereocenters. The molecule has 0 aliphatic rings. The summed E-state index contributed by atoms with van der Waals surface area (Å²) in [5.74, 6) is 0.666. The van der Waals surface area contributed by atoms with Crippen LogP contribution in [0.3, 0.4) is 0 Å². The monoisotopic (exact) mass is 363 g/mol. The molecule has 19 heavy (non-hydrogen) atoms. The van der Waals surface area contributed by atoms with Crippen molar-refractivity contribution in [2.75, 3.05) is 0 Å². The van der Waals surface area contributed by atoms with Crippen molar-refractivity contribution in [2.24, 2.45) is 0 Å². The molecule has 102 valence electrons. The van der Waals surface area contributed by atoms with Gasteiger partial charge in [-0.3, -0.25) is 4.98 Å². The molecule has 0 saturated heterocycles. The SMILES string of the molecule is CCc1nc(S(=O)(=O)Cl)cn1Cc1cncc(Br)c1. The second kappa shape index (κ2) is 5.60. The van der Waals surface area contributed by atoms with E-state index in [-0.39, 0.29) is 5.03 Å². The summed E-state index contributed by atoms with van der Waals surface area (Å²) in [7, 11) is 1.51. The molecule has 0 N–H and O–H groups in total. The minimum atomic E-state index is -3.80. The third-order valence-corrected chi connectivity index (χ3v) is 4.12. The van der Waals surface area contributed by atoms with Crippen LogP contribution in [0.4, 0.5) is 0 Å². The molecular formula is C11H11BrClN3O2S. The van der Waals surface area contributed by atoms with Crippen molar-refractivity contribution in [1.29, 1.82) is 0 Å². The third kappa shape index (κ3) is 3.55. The van der Waals surface area contributed by atoms with Gasteiger partial charge in [0.25, 0.3) is 9.05 Å². The summed E-state index contributed by atoms with van der Waals surface area (Å²) in [6.07, 6.45) is 5.47. The van der Waals surface area contributed by atoms with E-state index in [0.717, 1.165) is 10.0 Å².